The third-order valence-electron chi connectivity index (χ3n) is 3.81. The number of ketones is 1. The molecule has 0 bridgehead atoms. The Labute approximate surface area is 125 Å². The minimum absolute atomic E-state index is 0.0418. The van der Waals surface area contributed by atoms with Crippen molar-refractivity contribution in [3.63, 3.8) is 0 Å². The number of carbonyl (C=O) groups is 1. The Morgan fingerprint density at radius 2 is 1.64 bits per heavy atom. The largest absolute Gasteiger partial charge is 0.424 e. The van der Waals surface area contributed by atoms with Gasteiger partial charge in [0, 0.05) is 5.56 Å². The van der Waals surface area contributed by atoms with Gasteiger partial charge >= 0.3 is 6.18 Å². The molecule has 2 aromatic carbocycles. The molecule has 0 aromatic heterocycles. The van der Waals surface area contributed by atoms with Gasteiger partial charge in [-0.05, 0) is 12.5 Å². The van der Waals surface area contributed by atoms with Crippen LogP contribution in [0, 0.1) is 6.92 Å². The lowest BCUT2D eigenvalue weighted by atomic mass is 9.90. The molecule has 1 aliphatic heterocycles. The molecule has 22 heavy (non-hydrogen) atoms. The maximum Gasteiger partial charge on any atom is 0.424 e. The number of rotatable bonds is 3. The van der Waals surface area contributed by atoms with E-state index in [4.69, 9.17) is 4.74 Å². The first-order valence-electron chi connectivity index (χ1n) is 6.77. The Balaban J connectivity index is 1.98. The lowest BCUT2D eigenvalue weighted by Gasteiger charge is -2.17. The molecular formula is C17H13F3O2. The van der Waals surface area contributed by atoms with Gasteiger partial charge in [-0.2, -0.15) is 13.2 Å². The van der Waals surface area contributed by atoms with Gasteiger partial charge in [-0.1, -0.05) is 60.2 Å². The molecular weight excluding hydrogens is 293 g/mol. The van der Waals surface area contributed by atoms with E-state index >= 15 is 0 Å². The summed E-state index contributed by atoms with van der Waals surface area (Å²) in [5, 5.41) is 0. The number of epoxide rings is 1. The van der Waals surface area contributed by atoms with Gasteiger partial charge in [-0.25, -0.2) is 0 Å². The first-order chi connectivity index (χ1) is 10.4. The highest BCUT2D eigenvalue weighted by molar-refractivity contribution is 6.02. The second-order valence-electron chi connectivity index (χ2n) is 5.33. The summed E-state index contributed by atoms with van der Waals surface area (Å²) in [7, 11) is 0. The van der Waals surface area contributed by atoms with Gasteiger partial charge < -0.3 is 4.74 Å². The van der Waals surface area contributed by atoms with Crippen LogP contribution in [0.5, 0.6) is 0 Å². The highest BCUT2D eigenvalue weighted by Crippen LogP contribution is 2.58. The van der Waals surface area contributed by atoms with Gasteiger partial charge in [0.2, 0.25) is 5.60 Å². The fraction of sp³-hybridized carbons (Fsp3) is 0.235. The van der Waals surface area contributed by atoms with Crippen molar-refractivity contribution in [1.82, 2.24) is 0 Å². The molecule has 0 amide bonds. The molecule has 0 N–H and O–H groups in total. The van der Waals surface area contributed by atoms with Gasteiger partial charge in [-0.15, -0.1) is 0 Å². The topological polar surface area (TPSA) is 29.6 Å². The molecule has 1 heterocycles. The predicted octanol–water partition coefficient (Wildman–Crippen LogP) is 4.03. The van der Waals surface area contributed by atoms with Gasteiger partial charge in [0.25, 0.3) is 0 Å². The Morgan fingerprint density at radius 3 is 2.18 bits per heavy atom. The van der Waals surface area contributed by atoms with Crippen molar-refractivity contribution >= 4 is 5.78 Å². The van der Waals surface area contributed by atoms with Crippen LogP contribution in [0.25, 0.3) is 0 Å². The van der Waals surface area contributed by atoms with Crippen LogP contribution in [-0.2, 0) is 10.3 Å². The molecule has 3 rings (SSSR count). The molecule has 0 spiro atoms. The third-order valence-corrected chi connectivity index (χ3v) is 3.81. The SMILES string of the molecule is Cc1ccc([C@]2(C(F)(F)F)O[C@@H]2C(=O)c2ccccc2)cc1. The molecule has 114 valence electrons. The van der Waals surface area contributed by atoms with E-state index < -0.39 is 23.7 Å². The Hall–Kier alpha value is -2.14. The normalized spacial score (nSPS) is 24.1. The summed E-state index contributed by atoms with van der Waals surface area (Å²) in [4.78, 5) is 12.3. The van der Waals surface area contributed by atoms with Gasteiger partial charge in [0.1, 0.15) is 0 Å². The van der Waals surface area contributed by atoms with E-state index in [0.717, 1.165) is 5.56 Å². The number of alkyl halides is 3. The fourth-order valence-corrected chi connectivity index (χ4v) is 2.54. The zero-order valence-corrected chi connectivity index (χ0v) is 11.7. The highest BCUT2D eigenvalue weighted by Gasteiger charge is 2.76. The van der Waals surface area contributed by atoms with Crippen molar-refractivity contribution in [3.8, 4) is 0 Å². The minimum Gasteiger partial charge on any atom is -0.343 e. The van der Waals surface area contributed by atoms with Crippen LogP contribution in [0.4, 0.5) is 13.2 Å². The molecule has 0 unspecified atom stereocenters. The van der Waals surface area contributed by atoms with E-state index in [2.05, 4.69) is 0 Å². The van der Waals surface area contributed by atoms with Crippen molar-refractivity contribution < 1.29 is 22.7 Å². The Kier molecular flexibility index (Phi) is 3.33. The predicted molar refractivity (Wildman–Crippen MR) is 74.6 cm³/mol. The fourth-order valence-electron chi connectivity index (χ4n) is 2.54. The van der Waals surface area contributed by atoms with Gasteiger partial charge in [0.05, 0.1) is 0 Å². The van der Waals surface area contributed by atoms with E-state index in [1.165, 1.54) is 24.3 Å². The summed E-state index contributed by atoms with van der Waals surface area (Å²) in [6.07, 6.45) is -6.19. The van der Waals surface area contributed by atoms with E-state index in [0.29, 0.717) is 0 Å². The second kappa shape index (κ2) is 4.95. The molecule has 0 radical (unpaired) electrons. The molecule has 2 atom stereocenters. The maximum absolute atomic E-state index is 13.5. The summed E-state index contributed by atoms with van der Waals surface area (Å²) < 4.78 is 45.5. The standard InChI is InChI=1S/C17H13F3O2/c1-11-7-9-13(10-8-11)16(17(18,19)20)15(22-16)14(21)12-5-3-2-4-6-12/h2-10,15H,1H3/t15-,16+/m1/s1. The molecule has 0 saturated carbocycles. The minimum atomic E-state index is -4.66. The van der Waals surface area contributed by atoms with Crippen molar-refractivity contribution in [2.24, 2.45) is 0 Å². The van der Waals surface area contributed by atoms with Gasteiger partial charge in [-0.3, -0.25) is 4.79 Å². The van der Waals surface area contributed by atoms with Crippen LogP contribution in [0.2, 0.25) is 0 Å². The van der Waals surface area contributed by atoms with Crippen LogP contribution in [0.15, 0.2) is 54.6 Å². The Morgan fingerprint density at radius 1 is 1.05 bits per heavy atom. The first kappa shape index (κ1) is 14.8. The van der Waals surface area contributed by atoms with Crippen molar-refractivity contribution in [2.75, 3.05) is 0 Å². The summed E-state index contributed by atoms with van der Waals surface area (Å²) in [6, 6.07) is 13.8. The zero-order chi connectivity index (χ0) is 16.0. The van der Waals surface area contributed by atoms with Crippen LogP contribution < -0.4 is 0 Å². The van der Waals surface area contributed by atoms with Crippen molar-refractivity contribution in [2.45, 2.75) is 24.8 Å². The van der Waals surface area contributed by atoms with Crippen LogP contribution in [0.1, 0.15) is 21.5 Å². The number of hydrogen-bond acceptors (Lipinski definition) is 2. The zero-order valence-electron chi connectivity index (χ0n) is 11.7. The molecule has 0 aliphatic carbocycles. The van der Waals surface area contributed by atoms with Crippen molar-refractivity contribution in [1.29, 1.82) is 0 Å². The summed E-state index contributed by atoms with van der Waals surface area (Å²) in [5.74, 6) is -0.654. The van der Waals surface area contributed by atoms with Crippen LogP contribution in [-0.4, -0.2) is 18.1 Å². The molecule has 1 aliphatic rings. The van der Waals surface area contributed by atoms with E-state index in [1.807, 2.05) is 0 Å². The number of Topliss-reactive ketones (excluding diaryl/α,β-unsaturated/α-hetero) is 1. The van der Waals surface area contributed by atoms with E-state index in [1.54, 1.807) is 37.3 Å². The van der Waals surface area contributed by atoms with Gasteiger partial charge in [0.15, 0.2) is 11.9 Å². The maximum atomic E-state index is 13.5. The summed E-state index contributed by atoms with van der Waals surface area (Å²) in [5.41, 5.74) is -1.52. The molecule has 1 fully saturated rings. The summed E-state index contributed by atoms with van der Waals surface area (Å²) >= 11 is 0. The smallest absolute Gasteiger partial charge is 0.343 e. The van der Waals surface area contributed by atoms with Crippen LogP contribution in [0.3, 0.4) is 0 Å². The average molecular weight is 306 g/mol. The highest BCUT2D eigenvalue weighted by atomic mass is 19.4. The lowest BCUT2D eigenvalue weighted by Crippen LogP contribution is -2.35. The second-order valence-corrected chi connectivity index (χ2v) is 5.33. The number of carbonyl (C=O) groups excluding carboxylic acids is 1. The molecule has 5 heteroatoms. The third kappa shape index (κ3) is 2.22. The monoisotopic (exact) mass is 306 g/mol. The summed E-state index contributed by atoms with van der Waals surface area (Å²) in [6.45, 7) is 1.78. The van der Waals surface area contributed by atoms with Crippen molar-refractivity contribution in [3.05, 3.63) is 71.3 Å². The molecule has 2 aromatic rings. The number of aryl methyl sites for hydroxylation is 1. The number of benzene rings is 2. The Bertz CT molecular complexity index is 692. The number of hydrogen-bond donors (Lipinski definition) is 0. The lowest BCUT2D eigenvalue weighted by molar-refractivity contribution is -0.187. The molecule has 1 saturated heterocycles. The van der Waals surface area contributed by atoms with E-state index in [9.17, 15) is 18.0 Å². The van der Waals surface area contributed by atoms with E-state index in [-0.39, 0.29) is 11.1 Å². The van der Waals surface area contributed by atoms with Crippen LogP contribution >= 0.6 is 0 Å². The quantitative estimate of drug-likeness (QED) is 0.633. The number of ether oxygens (including phenoxy) is 1. The average Bonchev–Trinajstić information content (AvgIpc) is 3.25. The molecule has 2 nitrogen and oxygen atoms in total. The number of halogens is 3. The first-order valence-corrected chi connectivity index (χ1v) is 6.77.